The van der Waals surface area contributed by atoms with Crippen molar-refractivity contribution in [3.05, 3.63) is 53.6 Å². The van der Waals surface area contributed by atoms with E-state index < -0.39 is 51.4 Å². The zero-order valence-electron chi connectivity index (χ0n) is 27.2. The number of halogens is 3. The van der Waals surface area contributed by atoms with E-state index >= 15 is 0 Å². The van der Waals surface area contributed by atoms with Crippen LogP contribution in [0.2, 0.25) is 0 Å². The predicted molar refractivity (Wildman–Crippen MR) is 183 cm³/mol. The number of hydrogen-bond acceptors (Lipinski definition) is 7. The van der Waals surface area contributed by atoms with Crippen LogP contribution in [0.4, 0.5) is 0 Å². The van der Waals surface area contributed by atoms with Crippen LogP contribution in [0.25, 0.3) is 16.8 Å². The van der Waals surface area contributed by atoms with Gasteiger partial charge in [-0.15, -0.1) is 0 Å². The molecule has 0 spiro atoms. The number of carbonyl (C=O) groups is 3. The van der Waals surface area contributed by atoms with Gasteiger partial charge in [-0.2, -0.15) is 0 Å². The highest BCUT2D eigenvalue weighted by molar-refractivity contribution is 6.67. The Bertz CT molecular complexity index is 1410. The Hall–Kier alpha value is -2.40. The molecule has 1 saturated heterocycles. The normalized spacial score (nSPS) is 18.8. The summed E-state index contributed by atoms with van der Waals surface area (Å²) in [4.78, 5) is 40.6. The Morgan fingerprint density at radius 3 is 2.35 bits per heavy atom. The summed E-state index contributed by atoms with van der Waals surface area (Å²) in [5, 5.41) is 29.0. The second-order valence-corrected chi connectivity index (χ2v) is 15.6. The van der Waals surface area contributed by atoms with Gasteiger partial charge in [0.15, 0.2) is 0 Å². The molecule has 1 aliphatic heterocycles. The first kappa shape index (κ1) is 38.1. The molecule has 1 aliphatic rings. The Morgan fingerprint density at radius 2 is 1.72 bits per heavy atom. The van der Waals surface area contributed by atoms with Crippen molar-refractivity contribution in [3.63, 3.8) is 0 Å². The molecule has 1 fully saturated rings. The molecule has 3 rings (SSSR count). The van der Waals surface area contributed by atoms with Crippen molar-refractivity contribution in [3.8, 4) is 0 Å². The first-order chi connectivity index (χ1) is 21.4. The van der Waals surface area contributed by atoms with Crippen molar-refractivity contribution in [1.29, 1.82) is 0 Å². The number of fused-ring (bicyclic) bond motifs is 1. The molecule has 1 heterocycles. The van der Waals surface area contributed by atoms with Crippen LogP contribution < -0.4 is 10.6 Å². The number of likely N-dealkylation sites (tertiary alicyclic amines) is 1. The second-order valence-electron chi connectivity index (χ2n) is 13.1. The SMILES string of the molecule is CC(C)[C@H](NC(O)C(C)(C)/C=C/c1ccc2ccc([C@@H](C)O)cc2c1)C(=O)N[C@@H](C)C(=O)N1CCC[C@@H](C(=O)OCC(Cl)(Cl)Cl)C1. The molecule has 4 N–H and O–H groups in total. The van der Waals surface area contributed by atoms with Crippen molar-refractivity contribution in [2.45, 2.75) is 82.6 Å². The summed E-state index contributed by atoms with van der Waals surface area (Å²) in [6.07, 6.45) is 3.28. The number of nitrogens with zero attached hydrogens (tertiary/aromatic N) is 1. The summed E-state index contributed by atoms with van der Waals surface area (Å²) in [5.41, 5.74) is 0.999. The highest BCUT2D eigenvalue weighted by Crippen LogP contribution is 2.28. The molecule has 9 nitrogen and oxygen atoms in total. The smallest absolute Gasteiger partial charge is 0.310 e. The van der Waals surface area contributed by atoms with Crippen LogP contribution in [0, 0.1) is 17.3 Å². The highest BCUT2D eigenvalue weighted by Gasteiger charge is 2.35. The molecule has 0 bridgehead atoms. The molecule has 12 heteroatoms. The predicted octanol–water partition coefficient (Wildman–Crippen LogP) is 5.52. The molecule has 2 amide bonds. The van der Waals surface area contributed by atoms with Gasteiger partial charge in [-0.25, -0.2) is 0 Å². The molecule has 0 aliphatic carbocycles. The number of aliphatic hydroxyl groups excluding tert-OH is 2. The van der Waals surface area contributed by atoms with E-state index in [4.69, 9.17) is 39.5 Å². The van der Waals surface area contributed by atoms with Crippen molar-refractivity contribution in [2.75, 3.05) is 19.7 Å². The van der Waals surface area contributed by atoms with E-state index in [1.54, 1.807) is 13.8 Å². The van der Waals surface area contributed by atoms with Crippen molar-refractivity contribution < 1.29 is 29.3 Å². The third kappa shape index (κ3) is 10.8. The summed E-state index contributed by atoms with van der Waals surface area (Å²) in [6.45, 7) is 11.0. The largest absolute Gasteiger partial charge is 0.461 e. The highest BCUT2D eigenvalue weighted by atomic mass is 35.6. The fourth-order valence-electron chi connectivity index (χ4n) is 5.28. The van der Waals surface area contributed by atoms with E-state index in [0.29, 0.717) is 19.4 Å². The first-order valence-electron chi connectivity index (χ1n) is 15.6. The lowest BCUT2D eigenvalue weighted by Gasteiger charge is -2.35. The minimum absolute atomic E-state index is 0.141. The number of amides is 2. The van der Waals surface area contributed by atoms with Crippen LogP contribution in [0.3, 0.4) is 0 Å². The number of carbonyl (C=O) groups excluding carboxylic acids is 3. The third-order valence-corrected chi connectivity index (χ3v) is 8.57. The molecule has 254 valence electrons. The van der Waals surface area contributed by atoms with Gasteiger partial charge in [0.05, 0.1) is 18.1 Å². The average Bonchev–Trinajstić information content (AvgIpc) is 2.99. The fraction of sp³-hybridized carbons (Fsp3) is 0.559. The fourth-order valence-corrected chi connectivity index (χ4v) is 5.45. The minimum atomic E-state index is -1.72. The summed E-state index contributed by atoms with van der Waals surface area (Å²) in [6, 6.07) is 10.2. The Kier molecular flexibility index (Phi) is 13.3. The van der Waals surface area contributed by atoms with Gasteiger partial charge in [-0.1, -0.05) is 98.9 Å². The lowest BCUT2D eigenvalue weighted by atomic mass is 9.88. The van der Waals surface area contributed by atoms with Gasteiger partial charge in [0, 0.05) is 18.5 Å². The van der Waals surface area contributed by atoms with Crippen LogP contribution in [-0.4, -0.2) is 74.7 Å². The van der Waals surface area contributed by atoms with Gasteiger partial charge < -0.3 is 25.2 Å². The van der Waals surface area contributed by atoms with Crippen LogP contribution in [0.1, 0.15) is 71.6 Å². The minimum Gasteiger partial charge on any atom is -0.461 e. The number of ether oxygens (including phenoxy) is 1. The molecule has 5 atom stereocenters. The van der Waals surface area contributed by atoms with E-state index in [9.17, 15) is 24.6 Å². The standard InChI is InChI=1S/C34H46Cl3N3O6/c1-20(2)28(29(42)38-21(3)30(43)40-15-7-8-26(18-40)31(44)46-19-34(35,36)37)39-32(45)33(5,6)14-13-23-9-10-24-11-12-25(22(4)41)17-27(24)16-23/h9-14,16-17,20-22,26,28,32,39,41,45H,7-8,15,18-19H2,1-6H3,(H,38,42)/b14-13+/t21-,22+,26+,28-,32?/m0/s1. The zero-order valence-corrected chi connectivity index (χ0v) is 29.5. The van der Waals surface area contributed by atoms with Crippen LogP contribution in [0.5, 0.6) is 0 Å². The maximum Gasteiger partial charge on any atom is 0.310 e. The van der Waals surface area contributed by atoms with E-state index in [0.717, 1.165) is 21.9 Å². The van der Waals surface area contributed by atoms with Gasteiger partial charge in [-0.05, 0) is 66.6 Å². The maximum absolute atomic E-state index is 13.4. The number of nitrogens with one attached hydrogen (secondary N) is 2. The lowest BCUT2D eigenvalue weighted by molar-refractivity contribution is -0.152. The first-order valence-corrected chi connectivity index (χ1v) is 16.7. The summed E-state index contributed by atoms with van der Waals surface area (Å²) < 4.78 is 3.38. The van der Waals surface area contributed by atoms with Crippen LogP contribution in [0.15, 0.2) is 42.5 Å². The summed E-state index contributed by atoms with van der Waals surface area (Å²) in [7, 11) is 0. The number of benzene rings is 2. The van der Waals surface area contributed by atoms with Gasteiger partial charge in [0.25, 0.3) is 0 Å². The molecule has 0 radical (unpaired) electrons. The maximum atomic E-state index is 13.4. The van der Waals surface area contributed by atoms with Gasteiger partial charge in [0.2, 0.25) is 15.6 Å². The van der Waals surface area contributed by atoms with Crippen molar-refractivity contribution in [1.82, 2.24) is 15.5 Å². The molecular formula is C34H46Cl3N3O6. The number of rotatable bonds is 12. The van der Waals surface area contributed by atoms with E-state index in [1.807, 2.05) is 76.2 Å². The molecule has 0 aromatic heterocycles. The van der Waals surface area contributed by atoms with Crippen molar-refractivity contribution in [2.24, 2.45) is 17.3 Å². The quantitative estimate of drug-likeness (QED) is 0.131. The average molecular weight is 699 g/mol. The van der Waals surface area contributed by atoms with Gasteiger partial charge >= 0.3 is 5.97 Å². The van der Waals surface area contributed by atoms with E-state index in [1.165, 1.54) is 4.90 Å². The van der Waals surface area contributed by atoms with Crippen molar-refractivity contribution >= 4 is 69.4 Å². The number of alkyl halides is 3. The zero-order chi connectivity index (χ0) is 34.4. The van der Waals surface area contributed by atoms with Crippen LogP contribution >= 0.6 is 34.8 Å². The van der Waals surface area contributed by atoms with E-state index in [2.05, 4.69) is 10.6 Å². The molecular weight excluding hydrogens is 653 g/mol. The van der Waals surface area contributed by atoms with Crippen LogP contribution in [-0.2, 0) is 19.1 Å². The summed E-state index contributed by atoms with van der Waals surface area (Å²) >= 11 is 17.0. The molecule has 46 heavy (non-hydrogen) atoms. The van der Waals surface area contributed by atoms with E-state index in [-0.39, 0.29) is 25.0 Å². The molecule has 0 saturated carbocycles. The summed E-state index contributed by atoms with van der Waals surface area (Å²) in [5.74, 6) is -2.04. The van der Waals surface area contributed by atoms with Gasteiger partial charge in [-0.3, -0.25) is 19.7 Å². The number of esters is 1. The Morgan fingerprint density at radius 1 is 1.04 bits per heavy atom. The number of hydrogen-bond donors (Lipinski definition) is 4. The third-order valence-electron chi connectivity index (χ3n) is 8.24. The Labute approximate surface area is 286 Å². The molecule has 2 aromatic carbocycles. The Balaban J connectivity index is 1.61. The number of piperidine rings is 1. The molecule has 2 aromatic rings. The second kappa shape index (κ2) is 16.1. The topological polar surface area (TPSA) is 128 Å². The number of aliphatic hydroxyl groups is 2. The lowest BCUT2D eigenvalue weighted by Crippen LogP contribution is -2.58. The monoisotopic (exact) mass is 697 g/mol. The molecule has 1 unspecified atom stereocenters. The van der Waals surface area contributed by atoms with Gasteiger partial charge in [0.1, 0.15) is 18.9 Å².